The first-order valence-electron chi connectivity index (χ1n) is 42.5. The molecule has 11 fully saturated rings. The van der Waals surface area contributed by atoms with Crippen LogP contribution in [0, 0.1) is 0 Å². The second-order valence-electron chi connectivity index (χ2n) is 33.8. The van der Waals surface area contributed by atoms with Crippen molar-refractivity contribution in [3.63, 3.8) is 0 Å². The van der Waals surface area contributed by atoms with Gasteiger partial charge in [-0.2, -0.15) is 0 Å². The largest absolute Gasteiger partial charge is 0.479 e. The molecule has 0 aromatic carbocycles. The molecule has 0 bridgehead atoms. The van der Waals surface area contributed by atoms with Crippen molar-refractivity contribution in [2.45, 2.75) is 372 Å². The van der Waals surface area contributed by atoms with Gasteiger partial charge in [0.2, 0.25) is 23.6 Å². The molecule has 55 atom stereocenters. The van der Waals surface area contributed by atoms with Gasteiger partial charge in [-0.1, -0.05) is 0 Å². The third-order valence-electron chi connectivity index (χ3n) is 24.5. The van der Waals surface area contributed by atoms with Gasteiger partial charge in [0.25, 0.3) is 0 Å². The summed E-state index contributed by atoms with van der Waals surface area (Å²) >= 11 is 0. The van der Waals surface area contributed by atoms with Crippen molar-refractivity contribution < 1.29 is 277 Å². The number of ether oxygens (including phenoxy) is 21. The maximum atomic E-state index is 13.3. The van der Waals surface area contributed by atoms with Crippen LogP contribution in [-0.4, -0.2) is 580 Å². The maximum absolute atomic E-state index is 13.3. The number of aliphatic hydroxyl groups is 29. The van der Waals surface area contributed by atoms with E-state index < -0.39 is 427 Å². The Labute approximate surface area is 757 Å². The fraction of sp³-hybridized carbons (Fsp3) is 0.932. The average Bonchev–Trinajstić information content (AvgIpc) is 0.765. The van der Waals surface area contributed by atoms with Crippen molar-refractivity contribution in [1.29, 1.82) is 0 Å². The molecule has 11 heterocycles. The standard InChI is InChI=1S/C74H122N4O56/c1-15-33(90)43(100)49(106)68(116-15)114-14-28-57(39(96)29(64(113)117-28)75-16(2)86)126-65-30(76-17(3)87)40(97)56(25(11-84)122-65)129-72-53(110)59(131-74-62(47(104)36(93)22(8-81)121-74)134-67-32(78-19(5)89)41(98)54(24(10-83)124-67)127-69-50(107)44(101)34(91)20(6-79)118-69)38(95)27(125-72)13-115-73-61(46(103)35(92)21(7-80)120-73)133-66-31(77-18(4)88)42(99)55(26(12-85)123-66)128-71-52(109)58(37(94)23(9-82)119-71)130-70-51(108)45(102)48(105)60(132-70)63(111)112/h15,20-62,64-74,79-85,90-110,113H,6-14H2,1-5H3,(H,75,86)(H,76,87)(H,77,88)(H,78,89)(H,111,112)/t15-,20+,21+,22+,23+,24+,25+,26+,27+,28+,29+,30+,31+,32+,33+,34-,35+,36+,37-,38+,39+,40+,41+,42+,43+,44-,45-,46-,47-,48-,49-,50+,51+,52+,53-,54+,55+,56+,57+,58-,59-,60-,61-,62-,64+,65-,66-,67-,68+,69-,70+,71-,72-,73-,74+/m0/s1. The molecule has 34 N–H and O–H groups in total. The van der Waals surface area contributed by atoms with E-state index in [4.69, 9.17) is 99.5 Å². The first-order valence-corrected chi connectivity index (χ1v) is 42.5. The van der Waals surface area contributed by atoms with Crippen LogP contribution in [-0.2, 0) is 123 Å². The fourth-order valence-corrected chi connectivity index (χ4v) is 17.2. The van der Waals surface area contributed by atoms with Crippen LogP contribution in [0.5, 0.6) is 0 Å². The van der Waals surface area contributed by atoms with Crippen LogP contribution in [0.1, 0.15) is 34.6 Å². The number of aliphatic carboxylic acids is 1. The predicted octanol–water partition coefficient (Wildman–Crippen LogP) is -23.3. The minimum Gasteiger partial charge on any atom is -0.479 e. The van der Waals surface area contributed by atoms with E-state index in [0.717, 1.165) is 27.7 Å². The minimum atomic E-state index is -2.67. The van der Waals surface area contributed by atoms with E-state index in [-0.39, 0.29) is 0 Å². The summed E-state index contributed by atoms with van der Waals surface area (Å²) in [5, 5.41) is 345. The lowest BCUT2D eigenvalue weighted by Gasteiger charge is -2.51. The Morgan fingerprint density at radius 2 is 0.507 bits per heavy atom. The monoisotopic (exact) mass is 1960 g/mol. The van der Waals surface area contributed by atoms with Gasteiger partial charge >= 0.3 is 5.97 Å². The molecule has 4 amide bonds. The molecule has 11 aliphatic heterocycles. The number of hydrogen-bond acceptors (Lipinski definition) is 55. The molecule has 0 aliphatic carbocycles. The highest BCUT2D eigenvalue weighted by molar-refractivity contribution is 5.75. The lowest BCUT2D eigenvalue weighted by molar-refractivity contribution is -0.399. The first-order chi connectivity index (χ1) is 63.3. The van der Waals surface area contributed by atoms with E-state index in [1.807, 2.05) is 0 Å². The summed E-state index contributed by atoms with van der Waals surface area (Å²) in [6, 6.07) is -7.93. The summed E-state index contributed by atoms with van der Waals surface area (Å²) in [7, 11) is 0. The van der Waals surface area contributed by atoms with Crippen LogP contribution < -0.4 is 21.3 Å². The molecule has 11 rings (SSSR count). The van der Waals surface area contributed by atoms with Crippen LogP contribution in [0.15, 0.2) is 0 Å². The van der Waals surface area contributed by atoms with Crippen LogP contribution in [0.25, 0.3) is 0 Å². The molecule has 11 saturated heterocycles. The van der Waals surface area contributed by atoms with Gasteiger partial charge in [-0.3, -0.25) is 19.2 Å². The quantitative estimate of drug-likeness (QED) is 0.0284. The lowest BCUT2D eigenvalue weighted by Crippen LogP contribution is -2.71. The zero-order valence-corrected chi connectivity index (χ0v) is 71.6. The Morgan fingerprint density at radius 3 is 0.925 bits per heavy atom. The number of amides is 4. The van der Waals surface area contributed by atoms with Crippen LogP contribution >= 0.6 is 0 Å². The van der Waals surface area contributed by atoms with Gasteiger partial charge in [-0.15, -0.1) is 0 Å². The minimum absolute atomic E-state index is 0.864. The van der Waals surface area contributed by atoms with Crippen LogP contribution in [0.2, 0.25) is 0 Å². The van der Waals surface area contributed by atoms with E-state index in [9.17, 15) is 177 Å². The van der Waals surface area contributed by atoms with Crippen molar-refractivity contribution in [3.05, 3.63) is 0 Å². The normalized spacial score (nSPS) is 49.8. The van der Waals surface area contributed by atoms with Gasteiger partial charge < -0.3 is 274 Å². The molecule has 0 saturated carbocycles. The van der Waals surface area contributed by atoms with E-state index in [0.29, 0.717) is 0 Å². The Hall–Kier alpha value is -4.65. The van der Waals surface area contributed by atoms with Gasteiger partial charge in [0.15, 0.2) is 75.3 Å². The second-order valence-corrected chi connectivity index (χ2v) is 33.8. The number of carboxylic acids is 1. The van der Waals surface area contributed by atoms with Gasteiger partial charge in [0, 0.05) is 27.7 Å². The van der Waals surface area contributed by atoms with Crippen molar-refractivity contribution in [3.8, 4) is 0 Å². The number of carbonyl (C=O) groups is 5. The van der Waals surface area contributed by atoms with Crippen molar-refractivity contribution >= 4 is 29.6 Å². The summed E-state index contributed by atoms with van der Waals surface area (Å²) in [6.07, 6.45) is -110. The third kappa shape index (κ3) is 24.0. The number of carbonyl (C=O) groups excluding carboxylic acids is 4. The van der Waals surface area contributed by atoms with E-state index in [1.54, 1.807) is 0 Å². The smallest absolute Gasteiger partial charge is 0.335 e. The summed E-state index contributed by atoms with van der Waals surface area (Å²) in [6.45, 7) is -5.53. The highest BCUT2D eigenvalue weighted by Crippen LogP contribution is 2.42. The number of aliphatic hydroxyl groups excluding tert-OH is 29. The number of rotatable bonds is 34. The number of carboxylic acid groups (broad SMARTS) is 1. The molecule has 60 heteroatoms. The van der Waals surface area contributed by atoms with E-state index in [1.165, 1.54) is 6.92 Å². The molecule has 774 valence electrons. The summed E-state index contributed by atoms with van der Waals surface area (Å²) in [4.78, 5) is 64.0. The molecule has 0 radical (unpaired) electrons. The predicted molar refractivity (Wildman–Crippen MR) is 408 cm³/mol. The van der Waals surface area contributed by atoms with Crippen molar-refractivity contribution in [1.82, 2.24) is 21.3 Å². The number of nitrogens with one attached hydrogen (secondary N) is 4. The Bertz CT molecular complexity index is 3720. The highest BCUT2D eigenvalue weighted by atomic mass is 16.8. The van der Waals surface area contributed by atoms with E-state index in [2.05, 4.69) is 21.3 Å². The summed E-state index contributed by atoms with van der Waals surface area (Å²) in [5.41, 5.74) is 0. The van der Waals surface area contributed by atoms with Gasteiger partial charge in [-0.05, 0) is 6.92 Å². The molecule has 0 unspecified atom stereocenters. The number of hydrogen-bond donors (Lipinski definition) is 34. The second kappa shape index (κ2) is 47.5. The zero-order valence-electron chi connectivity index (χ0n) is 71.6. The highest BCUT2D eigenvalue weighted by Gasteiger charge is 2.63. The third-order valence-corrected chi connectivity index (χ3v) is 24.5. The maximum Gasteiger partial charge on any atom is 0.335 e. The Balaban J connectivity index is 0.911. The molecule has 60 nitrogen and oxygen atoms in total. The Morgan fingerprint density at radius 1 is 0.231 bits per heavy atom. The zero-order chi connectivity index (χ0) is 98.7. The lowest BCUT2D eigenvalue weighted by atomic mass is 9.93. The molecule has 134 heavy (non-hydrogen) atoms. The molecule has 0 spiro atoms. The Kier molecular flexibility index (Phi) is 38.9. The van der Waals surface area contributed by atoms with Gasteiger partial charge in [-0.25, -0.2) is 4.79 Å². The van der Waals surface area contributed by atoms with Crippen LogP contribution in [0.4, 0.5) is 0 Å². The van der Waals surface area contributed by atoms with Crippen molar-refractivity contribution in [2.24, 2.45) is 0 Å². The summed E-state index contributed by atoms with van der Waals surface area (Å²) < 4.78 is 124. The topological polar surface area (TPSA) is 934 Å². The van der Waals surface area contributed by atoms with Gasteiger partial charge in [0.05, 0.1) is 65.6 Å². The molecule has 0 aromatic rings. The molecular formula is C74H122N4O56. The van der Waals surface area contributed by atoms with Gasteiger partial charge in [0.1, 0.15) is 256 Å². The molecule has 0 aromatic heterocycles. The average molecular weight is 1960 g/mol. The van der Waals surface area contributed by atoms with Crippen molar-refractivity contribution in [2.75, 3.05) is 59.5 Å². The summed E-state index contributed by atoms with van der Waals surface area (Å²) in [5.74, 6) is -5.79. The SMILES string of the molecule is CC(=O)N[C@@H]1[C@@H](O)[C@H](O[C@@H]2O[C@H](CO)[C@@H](O[C@@H]3O[C@H](CO[C@H]4O[C@H](CO)[C@@H](O)[C@H](O)[C@@H]4O[C@@H]4O[C@H](CO)[C@@H](O[C@@H]5O[C@H](CO)[C@H](O)[C@H](O[C@@H]6O[C@H](C(=O)O)[C@@H](O)[C@H](O)[C@H]6O)[C@H]5O)[C@H](O)[C@H]4NC(C)=O)[C@@H](O)[C@H](O[C@H]4O[C@H](CO)[C@@H](O)[C@H](O)[C@@H]4O[C@@H]4O[C@H](CO)[C@@H](O[C@@H]5O[C@H](CO)[C@H](O)[C@H](O)[C@H]5O)[C@H](O)[C@H]4NC(C)=O)[C@@H]3O)[C@H](O)[C@H]2NC(C)=O)[C@@H](CO[C@@H]2O[C@@H](C)[C@@H](O)[C@@H](O)[C@@H]2O)O[C@H]1O. The fourth-order valence-electron chi connectivity index (χ4n) is 17.2. The van der Waals surface area contributed by atoms with E-state index >= 15 is 0 Å². The molecular weight excluding hydrogens is 1840 g/mol. The molecule has 11 aliphatic rings. The first kappa shape index (κ1) is 110. The van der Waals surface area contributed by atoms with Crippen LogP contribution in [0.3, 0.4) is 0 Å².